The fourth-order valence-corrected chi connectivity index (χ4v) is 2.08. The van der Waals surface area contributed by atoms with E-state index in [0.717, 1.165) is 17.3 Å². The molecule has 0 saturated carbocycles. The molecule has 0 amide bonds. The van der Waals surface area contributed by atoms with Gasteiger partial charge in [-0.05, 0) is 30.3 Å². The monoisotopic (exact) mass is 277 g/mol. The van der Waals surface area contributed by atoms with E-state index in [0.29, 0.717) is 11.0 Å². The van der Waals surface area contributed by atoms with E-state index in [-0.39, 0.29) is 10.7 Å². The van der Waals surface area contributed by atoms with Gasteiger partial charge >= 0.3 is 5.69 Å². The molecule has 2 rings (SSSR count). The van der Waals surface area contributed by atoms with Crippen molar-refractivity contribution in [3.8, 4) is 0 Å². The molecule has 0 unspecified atom stereocenters. The lowest BCUT2D eigenvalue weighted by molar-refractivity contribution is -0.388. The Bertz CT molecular complexity index is 603. The van der Waals surface area contributed by atoms with Crippen LogP contribution in [0.2, 0.25) is 0 Å². The summed E-state index contributed by atoms with van der Waals surface area (Å²) in [6, 6.07) is 2.97. The number of nitro groups is 1. The molecular formula is C11H11N5O2S. The minimum Gasteiger partial charge on any atom is -0.373 e. The van der Waals surface area contributed by atoms with Crippen LogP contribution >= 0.6 is 11.8 Å². The molecule has 0 fully saturated rings. The summed E-state index contributed by atoms with van der Waals surface area (Å²) in [6.07, 6.45) is 3.31. The van der Waals surface area contributed by atoms with Crippen LogP contribution < -0.4 is 5.32 Å². The van der Waals surface area contributed by atoms with Crippen LogP contribution in [-0.4, -0.2) is 26.9 Å². The third kappa shape index (κ3) is 3.16. The summed E-state index contributed by atoms with van der Waals surface area (Å²) in [5, 5.41) is 14.5. The number of anilines is 1. The van der Waals surface area contributed by atoms with E-state index >= 15 is 0 Å². The number of hydrogen-bond donors (Lipinski definition) is 1. The largest absolute Gasteiger partial charge is 0.373 e. The molecule has 2 aromatic heterocycles. The summed E-state index contributed by atoms with van der Waals surface area (Å²) in [5.74, 6) is 0.556. The highest BCUT2D eigenvalue weighted by Gasteiger charge is 2.18. The van der Waals surface area contributed by atoms with E-state index in [2.05, 4.69) is 20.3 Å². The zero-order chi connectivity index (χ0) is 13.8. The molecule has 0 saturated heterocycles. The highest BCUT2D eigenvalue weighted by Crippen LogP contribution is 2.32. The van der Waals surface area contributed by atoms with Crippen LogP contribution in [0.5, 0.6) is 0 Å². The van der Waals surface area contributed by atoms with Gasteiger partial charge in [-0.2, -0.15) is 0 Å². The lowest BCUT2D eigenvalue weighted by Gasteiger charge is -2.04. The number of rotatable bonds is 4. The Balaban J connectivity index is 2.36. The van der Waals surface area contributed by atoms with Crippen LogP contribution in [0.25, 0.3) is 0 Å². The average molecular weight is 277 g/mol. The van der Waals surface area contributed by atoms with Crippen molar-refractivity contribution < 1.29 is 4.92 Å². The second-order valence-electron chi connectivity index (χ2n) is 3.67. The predicted molar refractivity (Wildman–Crippen MR) is 71.3 cm³/mol. The van der Waals surface area contributed by atoms with Gasteiger partial charge in [-0.25, -0.2) is 15.0 Å². The van der Waals surface area contributed by atoms with Crippen LogP contribution in [0.1, 0.15) is 5.56 Å². The minimum atomic E-state index is -0.469. The Morgan fingerprint density at radius 1 is 1.32 bits per heavy atom. The highest BCUT2D eigenvalue weighted by molar-refractivity contribution is 7.99. The molecule has 0 aliphatic carbocycles. The molecule has 0 spiro atoms. The summed E-state index contributed by atoms with van der Waals surface area (Å²) in [7, 11) is 1.70. The van der Waals surface area contributed by atoms with E-state index in [1.54, 1.807) is 25.5 Å². The fraction of sp³-hybridized carbons (Fsp3) is 0.182. The molecule has 7 nitrogen and oxygen atoms in total. The van der Waals surface area contributed by atoms with Gasteiger partial charge in [-0.1, -0.05) is 0 Å². The molecule has 0 aliphatic rings. The Morgan fingerprint density at radius 2 is 2.00 bits per heavy atom. The normalized spacial score (nSPS) is 10.2. The first-order valence-electron chi connectivity index (χ1n) is 5.40. The molecule has 0 radical (unpaired) electrons. The Morgan fingerprint density at radius 3 is 2.58 bits per heavy atom. The van der Waals surface area contributed by atoms with Crippen molar-refractivity contribution in [1.82, 2.24) is 15.0 Å². The Hall–Kier alpha value is -2.22. The van der Waals surface area contributed by atoms with Crippen molar-refractivity contribution in [2.75, 3.05) is 12.4 Å². The topological polar surface area (TPSA) is 93.8 Å². The molecule has 0 bridgehead atoms. The third-order valence-corrected chi connectivity index (χ3v) is 3.13. The number of nitrogens with zero attached hydrogens (tertiary/aromatic N) is 4. The molecule has 0 aromatic carbocycles. The van der Waals surface area contributed by atoms with Crippen LogP contribution in [0.15, 0.2) is 34.7 Å². The maximum absolute atomic E-state index is 11.0. The number of aryl methyl sites for hydroxylation is 1. The van der Waals surface area contributed by atoms with Gasteiger partial charge in [0.25, 0.3) is 0 Å². The number of pyridine rings is 1. The second-order valence-corrected chi connectivity index (χ2v) is 4.63. The van der Waals surface area contributed by atoms with Gasteiger partial charge in [-0.3, -0.25) is 10.1 Å². The van der Waals surface area contributed by atoms with E-state index in [9.17, 15) is 10.1 Å². The Labute approximate surface area is 113 Å². The molecule has 2 heterocycles. The van der Waals surface area contributed by atoms with Gasteiger partial charge in [0.1, 0.15) is 5.82 Å². The first-order chi connectivity index (χ1) is 9.10. The number of aromatic nitrogens is 3. The molecular weight excluding hydrogens is 266 g/mol. The summed E-state index contributed by atoms with van der Waals surface area (Å²) >= 11 is 1.07. The van der Waals surface area contributed by atoms with Crippen LogP contribution in [0.3, 0.4) is 0 Å². The summed E-state index contributed by atoms with van der Waals surface area (Å²) in [5.41, 5.74) is 0.865. The van der Waals surface area contributed by atoms with Crippen LogP contribution in [-0.2, 0) is 0 Å². The quantitative estimate of drug-likeness (QED) is 0.520. The highest BCUT2D eigenvalue weighted by atomic mass is 32.2. The lowest BCUT2D eigenvalue weighted by atomic mass is 10.4. The third-order valence-electron chi connectivity index (χ3n) is 2.24. The minimum absolute atomic E-state index is 0.0619. The fourth-order valence-electron chi connectivity index (χ4n) is 1.31. The first-order valence-corrected chi connectivity index (χ1v) is 6.21. The van der Waals surface area contributed by atoms with Crippen LogP contribution in [0.4, 0.5) is 11.5 Å². The summed E-state index contributed by atoms with van der Waals surface area (Å²) in [4.78, 5) is 22.8. The van der Waals surface area contributed by atoms with Gasteiger partial charge < -0.3 is 5.32 Å². The van der Waals surface area contributed by atoms with Crippen molar-refractivity contribution >= 4 is 23.3 Å². The first kappa shape index (κ1) is 13.2. The molecule has 1 N–H and O–H groups in total. The predicted octanol–water partition coefficient (Wildman–Crippen LogP) is 2.28. The molecule has 19 heavy (non-hydrogen) atoms. The molecule has 0 aliphatic heterocycles. The molecule has 8 heteroatoms. The maximum Gasteiger partial charge on any atom is 0.301 e. The van der Waals surface area contributed by atoms with Crippen molar-refractivity contribution in [2.45, 2.75) is 17.1 Å². The summed E-state index contributed by atoms with van der Waals surface area (Å²) < 4.78 is 0. The Kier molecular flexibility index (Phi) is 3.91. The van der Waals surface area contributed by atoms with Gasteiger partial charge in [0.05, 0.1) is 4.92 Å². The van der Waals surface area contributed by atoms with Crippen molar-refractivity contribution in [1.29, 1.82) is 0 Å². The van der Waals surface area contributed by atoms with Gasteiger partial charge in [0.15, 0.2) is 10.2 Å². The van der Waals surface area contributed by atoms with E-state index in [1.165, 1.54) is 6.07 Å². The van der Waals surface area contributed by atoms with Gasteiger partial charge in [0.2, 0.25) is 0 Å². The second kappa shape index (κ2) is 5.61. The van der Waals surface area contributed by atoms with Gasteiger partial charge in [0, 0.05) is 25.5 Å². The SMILES string of the molecule is CNc1ccc([N+](=O)[O-])c(Sc2ncc(C)cn2)n1. The maximum atomic E-state index is 11.0. The van der Waals surface area contributed by atoms with Crippen LogP contribution in [0, 0.1) is 17.0 Å². The van der Waals surface area contributed by atoms with E-state index in [4.69, 9.17) is 0 Å². The molecule has 98 valence electrons. The smallest absolute Gasteiger partial charge is 0.301 e. The molecule has 0 atom stereocenters. The van der Waals surface area contributed by atoms with E-state index < -0.39 is 4.92 Å². The lowest BCUT2D eigenvalue weighted by Crippen LogP contribution is -1.98. The van der Waals surface area contributed by atoms with Crippen molar-refractivity contribution in [2.24, 2.45) is 0 Å². The molecule has 2 aromatic rings. The number of nitrogens with one attached hydrogen (secondary N) is 1. The zero-order valence-electron chi connectivity index (χ0n) is 10.3. The van der Waals surface area contributed by atoms with E-state index in [1.807, 2.05) is 6.92 Å². The van der Waals surface area contributed by atoms with Gasteiger partial charge in [-0.15, -0.1) is 0 Å². The number of hydrogen-bond acceptors (Lipinski definition) is 7. The summed E-state index contributed by atoms with van der Waals surface area (Å²) in [6.45, 7) is 1.87. The van der Waals surface area contributed by atoms with Crippen molar-refractivity contribution in [3.63, 3.8) is 0 Å². The zero-order valence-corrected chi connectivity index (χ0v) is 11.1. The average Bonchev–Trinajstić information content (AvgIpc) is 2.41. The van der Waals surface area contributed by atoms with Crippen molar-refractivity contribution in [3.05, 3.63) is 40.2 Å². The standard InChI is InChI=1S/C11H11N5O2S/c1-7-5-13-11(14-6-7)19-10-8(16(17)18)3-4-9(12-2)15-10/h3-6H,1-2H3,(H,12,15).